The average Bonchev–Trinajstić information content (AvgIpc) is 2.52. The normalized spacial score (nSPS) is 11.6. The zero-order valence-electron chi connectivity index (χ0n) is 12.1. The lowest BCUT2D eigenvalue weighted by Gasteiger charge is -1.99. The van der Waals surface area contributed by atoms with Crippen LogP contribution in [0, 0.1) is 6.92 Å². The van der Waals surface area contributed by atoms with Gasteiger partial charge in [0.25, 0.3) is 0 Å². The van der Waals surface area contributed by atoms with E-state index in [1.807, 2.05) is 55.5 Å². The van der Waals surface area contributed by atoms with Gasteiger partial charge in [-0.2, -0.15) is 0 Å². The number of rotatable bonds is 4. The summed E-state index contributed by atoms with van der Waals surface area (Å²) in [4.78, 5) is 16.7. The highest BCUT2D eigenvalue weighted by molar-refractivity contribution is 5.97. The maximum atomic E-state index is 11.8. The topological polar surface area (TPSA) is 38.7 Å². The standard InChI is InChI=1S/C18H17NO2/c1-14-8-12-17(13-9-14)18(20)21-19-15(2)10-11-16-6-4-3-5-7-16/h3-13H,1-2H3/b11-10+,19-15+. The molecule has 0 unspecified atom stereocenters. The Labute approximate surface area is 124 Å². The maximum Gasteiger partial charge on any atom is 0.365 e. The third kappa shape index (κ3) is 4.73. The molecule has 2 rings (SSSR count). The molecule has 3 heteroatoms. The summed E-state index contributed by atoms with van der Waals surface area (Å²) in [5, 5.41) is 3.82. The second-order valence-electron chi connectivity index (χ2n) is 4.72. The molecule has 0 bridgehead atoms. The Hall–Kier alpha value is -2.68. The second-order valence-corrected chi connectivity index (χ2v) is 4.72. The summed E-state index contributed by atoms with van der Waals surface area (Å²) >= 11 is 0. The fraction of sp³-hybridized carbons (Fsp3) is 0.111. The molecule has 0 aliphatic rings. The lowest BCUT2D eigenvalue weighted by Crippen LogP contribution is -2.02. The summed E-state index contributed by atoms with van der Waals surface area (Å²) in [6.45, 7) is 3.74. The van der Waals surface area contributed by atoms with Crippen molar-refractivity contribution in [2.24, 2.45) is 5.16 Å². The van der Waals surface area contributed by atoms with Crippen LogP contribution in [0.5, 0.6) is 0 Å². The number of carbonyl (C=O) groups is 1. The summed E-state index contributed by atoms with van der Waals surface area (Å²) in [7, 11) is 0. The number of aryl methyl sites for hydroxylation is 1. The summed E-state index contributed by atoms with van der Waals surface area (Å²) in [6.07, 6.45) is 3.72. The van der Waals surface area contributed by atoms with Gasteiger partial charge in [0, 0.05) is 0 Å². The minimum absolute atomic E-state index is 0.456. The zero-order chi connectivity index (χ0) is 15.1. The van der Waals surface area contributed by atoms with Crippen molar-refractivity contribution in [2.75, 3.05) is 0 Å². The quantitative estimate of drug-likeness (QED) is 0.477. The van der Waals surface area contributed by atoms with Gasteiger partial charge in [0.05, 0.1) is 11.3 Å². The Kier molecular flexibility index (Phi) is 5.04. The minimum atomic E-state index is -0.456. The zero-order valence-corrected chi connectivity index (χ0v) is 12.1. The van der Waals surface area contributed by atoms with Crippen LogP contribution in [0.2, 0.25) is 0 Å². The van der Waals surface area contributed by atoms with Crippen molar-refractivity contribution in [2.45, 2.75) is 13.8 Å². The molecule has 2 aromatic rings. The molecular weight excluding hydrogens is 262 g/mol. The summed E-state index contributed by atoms with van der Waals surface area (Å²) in [5.74, 6) is -0.456. The molecule has 0 amide bonds. The van der Waals surface area contributed by atoms with Crippen LogP contribution in [0.3, 0.4) is 0 Å². The number of hydrogen-bond donors (Lipinski definition) is 0. The van der Waals surface area contributed by atoms with Gasteiger partial charge in [-0.3, -0.25) is 0 Å². The number of oxime groups is 1. The van der Waals surface area contributed by atoms with Gasteiger partial charge >= 0.3 is 5.97 Å². The van der Waals surface area contributed by atoms with Crippen LogP contribution in [0.4, 0.5) is 0 Å². The van der Waals surface area contributed by atoms with Crippen LogP contribution in [-0.4, -0.2) is 11.7 Å². The van der Waals surface area contributed by atoms with Crippen LogP contribution in [0.25, 0.3) is 6.08 Å². The molecule has 0 aromatic heterocycles. The number of benzene rings is 2. The van der Waals surface area contributed by atoms with Gasteiger partial charge in [0.15, 0.2) is 0 Å². The first-order valence-electron chi connectivity index (χ1n) is 6.71. The molecule has 0 saturated carbocycles. The lowest BCUT2D eigenvalue weighted by molar-refractivity contribution is 0.0516. The van der Waals surface area contributed by atoms with E-state index in [1.54, 1.807) is 25.1 Å². The number of nitrogens with zero attached hydrogens (tertiary/aromatic N) is 1. The third-order valence-corrected chi connectivity index (χ3v) is 2.88. The van der Waals surface area contributed by atoms with E-state index in [9.17, 15) is 4.79 Å². The Morgan fingerprint density at radius 2 is 1.71 bits per heavy atom. The molecule has 0 aliphatic heterocycles. The first kappa shape index (κ1) is 14.7. The summed E-state index contributed by atoms with van der Waals surface area (Å²) in [5.41, 5.74) is 3.28. The van der Waals surface area contributed by atoms with Gasteiger partial charge in [-0.25, -0.2) is 4.79 Å². The fourth-order valence-electron chi connectivity index (χ4n) is 1.67. The van der Waals surface area contributed by atoms with Gasteiger partial charge in [0.2, 0.25) is 0 Å². The van der Waals surface area contributed by atoms with Gasteiger partial charge in [-0.05, 0) is 37.6 Å². The van der Waals surface area contributed by atoms with E-state index in [1.165, 1.54) is 0 Å². The lowest BCUT2D eigenvalue weighted by atomic mass is 10.2. The van der Waals surface area contributed by atoms with Gasteiger partial charge in [-0.15, -0.1) is 0 Å². The smallest absolute Gasteiger partial charge is 0.313 e. The maximum absolute atomic E-state index is 11.8. The van der Waals surface area contributed by atoms with E-state index in [-0.39, 0.29) is 0 Å². The van der Waals surface area contributed by atoms with E-state index in [4.69, 9.17) is 4.84 Å². The van der Waals surface area contributed by atoms with Crippen LogP contribution in [0.15, 0.2) is 65.8 Å². The molecule has 0 fully saturated rings. The van der Waals surface area contributed by atoms with Crippen LogP contribution in [0.1, 0.15) is 28.4 Å². The number of allylic oxidation sites excluding steroid dienone is 1. The first-order valence-corrected chi connectivity index (χ1v) is 6.71. The van der Waals surface area contributed by atoms with Crippen LogP contribution >= 0.6 is 0 Å². The molecule has 0 aliphatic carbocycles. The van der Waals surface area contributed by atoms with Crippen LogP contribution in [-0.2, 0) is 4.84 Å². The monoisotopic (exact) mass is 279 g/mol. The average molecular weight is 279 g/mol. The minimum Gasteiger partial charge on any atom is -0.313 e. The SMILES string of the molecule is CC(/C=C/c1ccccc1)=N\OC(=O)c1ccc(C)cc1. The van der Waals surface area contributed by atoms with Crippen molar-refractivity contribution in [3.63, 3.8) is 0 Å². The van der Waals surface area contributed by atoms with Crippen molar-refractivity contribution in [1.29, 1.82) is 0 Å². The van der Waals surface area contributed by atoms with Gasteiger partial charge in [-0.1, -0.05) is 59.3 Å². The Bertz CT molecular complexity index is 655. The molecule has 2 aromatic carbocycles. The molecule has 0 spiro atoms. The molecule has 0 radical (unpaired) electrons. The largest absolute Gasteiger partial charge is 0.365 e. The fourth-order valence-corrected chi connectivity index (χ4v) is 1.67. The molecule has 0 atom stereocenters. The highest BCUT2D eigenvalue weighted by Gasteiger charge is 2.05. The molecule has 0 saturated heterocycles. The van der Waals surface area contributed by atoms with Crippen molar-refractivity contribution in [1.82, 2.24) is 0 Å². The van der Waals surface area contributed by atoms with Crippen LogP contribution < -0.4 is 0 Å². The first-order chi connectivity index (χ1) is 10.1. The molecule has 0 heterocycles. The van der Waals surface area contributed by atoms with Gasteiger partial charge < -0.3 is 4.84 Å². The molecule has 0 N–H and O–H groups in total. The highest BCUT2D eigenvalue weighted by atomic mass is 16.7. The summed E-state index contributed by atoms with van der Waals surface area (Å²) < 4.78 is 0. The van der Waals surface area contributed by atoms with Crippen molar-refractivity contribution >= 4 is 17.8 Å². The van der Waals surface area contributed by atoms with E-state index >= 15 is 0 Å². The van der Waals surface area contributed by atoms with E-state index in [0.29, 0.717) is 11.3 Å². The number of hydrogen-bond acceptors (Lipinski definition) is 3. The van der Waals surface area contributed by atoms with E-state index < -0.39 is 5.97 Å². The van der Waals surface area contributed by atoms with Crippen molar-refractivity contribution in [3.05, 3.63) is 77.4 Å². The molecular formula is C18H17NO2. The van der Waals surface area contributed by atoms with Crippen molar-refractivity contribution < 1.29 is 9.63 Å². The molecule has 106 valence electrons. The predicted octanol–water partition coefficient (Wildman–Crippen LogP) is 4.24. The van der Waals surface area contributed by atoms with Crippen molar-refractivity contribution in [3.8, 4) is 0 Å². The Morgan fingerprint density at radius 1 is 1.05 bits per heavy atom. The third-order valence-electron chi connectivity index (χ3n) is 2.88. The predicted molar refractivity (Wildman–Crippen MR) is 85.2 cm³/mol. The molecule has 21 heavy (non-hydrogen) atoms. The van der Waals surface area contributed by atoms with E-state index in [0.717, 1.165) is 11.1 Å². The Balaban J connectivity index is 1.95. The Morgan fingerprint density at radius 3 is 2.38 bits per heavy atom. The van der Waals surface area contributed by atoms with Gasteiger partial charge in [0.1, 0.15) is 0 Å². The van der Waals surface area contributed by atoms with E-state index in [2.05, 4.69) is 5.16 Å². The highest BCUT2D eigenvalue weighted by Crippen LogP contribution is 2.06. The number of carbonyl (C=O) groups excluding carboxylic acids is 1. The second kappa shape index (κ2) is 7.20. The molecule has 3 nitrogen and oxygen atoms in total. The summed E-state index contributed by atoms with van der Waals surface area (Å²) in [6, 6.07) is 17.0.